The van der Waals surface area contributed by atoms with Crippen molar-refractivity contribution in [3.63, 3.8) is 0 Å². The molecule has 6 nitrogen and oxygen atoms in total. The van der Waals surface area contributed by atoms with Crippen LogP contribution in [0.2, 0.25) is 0 Å². The van der Waals surface area contributed by atoms with Gasteiger partial charge in [-0.15, -0.1) is 0 Å². The first-order valence-electron chi connectivity index (χ1n) is 7.94. The summed E-state index contributed by atoms with van der Waals surface area (Å²) in [5, 5.41) is 2.80. The van der Waals surface area contributed by atoms with Gasteiger partial charge >= 0.3 is 0 Å². The van der Waals surface area contributed by atoms with Crippen molar-refractivity contribution in [2.75, 3.05) is 38.6 Å². The Morgan fingerprint density at radius 2 is 1.83 bits per heavy atom. The van der Waals surface area contributed by atoms with Crippen LogP contribution >= 0.6 is 0 Å². The van der Waals surface area contributed by atoms with E-state index < -0.39 is 15.4 Å². The molecule has 23 heavy (non-hydrogen) atoms. The highest BCUT2D eigenvalue weighted by Gasteiger charge is 2.50. The van der Waals surface area contributed by atoms with Gasteiger partial charge in [-0.25, -0.2) is 8.42 Å². The summed E-state index contributed by atoms with van der Waals surface area (Å²) in [5.41, 5.74) is 0.554. The molecule has 1 aliphatic carbocycles. The van der Waals surface area contributed by atoms with Crippen molar-refractivity contribution >= 4 is 15.9 Å². The van der Waals surface area contributed by atoms with Crippen molar-refractivity contribution < 1.29 is 17.9 Å². The third kappa shape index (κ3) is 3.57. The molecule has 126 valence electrons. The monoisotopic (exact) mass is 338 g/mol. The van der Waals surface area contributed by atoms with Gasteiger partial charge in [0.25, 0.3) is 0 Å². The van der Waals surface area contributed by atoms with E-state index in [1.807, 2.05) is 30.3 Å². The molecule has 0 bridgehead atoms. The molecule has 7 heteroatoms. The Morgan fingerprint density at radius 3 is 2.43 bits per heavy atom. The lowest BCUT2D eigenvalue weighted by Gasteiger charge is -2.26. The lowest BCUT2D eigenvalue weighted by Crippen LogP contribution is -2.44. The molecule has 1 N–H and O–H groups in total. The van der Waals surface area contributed by atoms with Gasteiger partial charge in [-0.2, -0.15) is 4.31 Å². The summed E-state index contributed by atoms with van der Waals surface area (Å²) in [6.07, 6.45) is 1.64. The lowest BCUT2D eigenvalue weighted by molar-refractivity contribution is -0.123. The Hall–Kier alpha value is -1.44. The molecule has 2 aliphatic rings. The van der Waals surface area contributed by atoms with Crippen LogP contribution in [0.1, 0.15) is 18.4 Å². The van der Waals surface area contributed by atoms with Crippen LogP contribution in [0, 0.1) is 0 Å². The van der Waals surface area contributed by atoms with E-state index in [1.54, 1.807) is 0 Å². The highest BCUT2D eigenvalue weighted by Crippen LogP contribution is 2.48. The highest BCUT2D eigenvalue weighted by molar-refractivity contribution is 7.89. The summed E-state index contributed by atoms with van der Waals surface area (Å²) < 4.78 is 31.0. The number of hydrogen-bond donors (Lipinski definition) is 1. The van der Waals surface area contributed by atoms with Crippen LogP contribution in [-0.2, 0) is 25.0 Å². The van der Waals surface area contributed by atoms with E-state index in [1.165, 1.54) is 4.31 Å². The van der Waals surface area contributed by atoms with Gasteiger partial charge < -0.3 is 10.1 Å². The van der Waals surface area contributed by atoms with Gasteiger partial charge in [0.05, 0.1) is 24.4 Å². The van der Waals surface area contributed by atoms with Crippen molar-refractivity contribution in [2.45, 2.75) is 18.3 Å². The molecular formula is C16H22N2O4S. The largest absolute Gasteiger partial charge is 0.379 e. The molecule has 0 spiro atoms. The number of morpholine rings is 1. The average Bonchev–Trinajstić information content (AvgIpc) is 3.38. The van der Waals surface area contributed by atoms with Crippen LogP contribution in [0.15, 0.2) is 30.3 Å². The quantitative estimate of drug-likeness (QED) is 0.819. The molecule has 1 saturated heterocycles. The first kappa shape index (κ1) is 16.4. The maximum atomic E-state index is 12.5. The third-order valence-corrected chi connectivity index (χ3v) is 6.39. The van der Waals surface area contributed by atoms with Crippen LogP contribution < -0.4 is 5.32 Å². The number of carbonyl (C=O) groups excluding carboxylic acids is 1. The van der Waals surface area contributed by atoms with E-state index in [4.69, 9.17) is 4.74 Å². The van der Waals surface area contributed by atoms with Gasteiger partial charge in [0.2, 0.25) is 15.9 Å². The molecule has 0 radical (unpaired) electrons. The molecule has 1 aromatic rings. The normalized spacial score (nSPS) is 20.9. The molecule has 2 fully saturated rings. The first-order valence-corrected chi connectivity index (χ1v) is 9.55. The summed E-state index contributed by atoms with van der Waals surface area (Å²) in [6.45, 7) is 1.80. The topological polar surface area (TPSA) is 75.7 Å². The van der Waals surface area contributed by atoms with Crippen molar-refractivity contribution in [3.8, 4) is 0 Å². The maximum absolute atomic E-state index is 12.5. The minimum Gasteiger partial charge on any atom is -0.379 e. The second kappa shape index (κ2) is 6.59. The van der Waals surface area contributed by atoms with Crippen LogP contribution in [0.5, 0.6) is 0 Å². The predicted molar refractivity (Wildman–Crippen MR) is 86.5 cm³/mol. The molecule has 0 unspecified atom stereocenters. The minimum atomic E-state index is -3.33. The van der Waals surface area contributed by atoms with Crippen molar-refractivity contribution in [1.29, 1.82) is 0 Å². The van der Waals surface area contributed by atoms with Crippen LogP contribution in [0.4, 0.5) is 0 Å². The maximum Gasteiger partial charge on any atom is 0.230 e. The standard InChI is InChI=1S/C16H22N2O4S/c19-15(16(6-7-16)14-4-2-1-3-5-14)17-8-13-23(20,21)18-9-11-22-12-10-18/h1-5H,6-13H2,(H,17,19). The van der Waals surface area contributed by atoms with Crippen molar-refractivity contribution in [1.82, 2.24) is 9.62 Å². The molecule has 0 atom stereocenters. The summed E-state index contributed by atoms with van der Waals surface area (Å²) in [5.74, 6) is -0.134. The molecule has 1 heterocycles. The number of rotatable bonds is 6. The number of ether oxygens (including phenoxy) is 1. The van der Waals surface area contributed by atoms with Gasteiger partial charge in [-0.3, -0.25) is 4.79 Å². The Kier molecular flexibility index (Phi) is 4.70. The Bertz CT molecular complexity index is 650. The van der Waals surface area contributed by atoms with Gasteiger partial charge in [0, 0.05) is 19.6 Å². The second-order valence-corrected chi connectivity index (χ2v) is 8.12. The molecular weight excluding hydrogens is 316 g/mol. The minimum absolute atomic E-state index is 0.0659. The summed E-state index contributed by atoms with van der Waals surface area (Å²) >= 11 is 0. The van der Waals surface area contributed by atoms with Crippen LogP contribution in [0.25, 0.3) is 0 Å². The van der Waals surface area contributed by atoms with Gasteiger partial charge in [0.15, 0.2) is 0 Å². The fraction of sp³-hybridized carbons (Fsp3) is 0.562. The Labute approximate surface area is 136 Å². The molecule has 1 aromatic carbocycles. The summed E-state index contributed by atoms with van der Waals surface area (Å²) in [6, 6.07) is 9.68. The van der Waals surface area contributed by atoms with Gasteiger partial charge in [0.1, 0.15) is 0 Å². The van der Waals surface area contributed by atoms with Crippen molar-refractivity contribution in [2.24, 2.45) is 0 Å². The van der Waals surface area contributed by atoms with Gasteiger partial charge in [-0.05, 0) is 18.4 Å². The molecule has 1 aliphatic heterocycles. The van der Waals surface area contributed by atoms with E-state index in [9.17, 15) is 13.2 Å². The van der Waals surface area contributed by atoms with Crippen LogP contribution in [-0.4, -0.2) is 57.2 Å². The zero-order valence-corrected chi connectivity index (χ0v) is 13.8. The second-order valence-electron chi connectivity index (χ2n) is 6.03. The van der Waals surface area contributed by atoms with E-state index in [0.717, 1.165) is 18.4 Å². The highest BCUT2D eigenvalue weighted by atomic mass is 32.2. The fourth-order valence-corrected chi connectivity index (χ4v) is 4.27. The summed E-state index contributed by atoms with van der Waals surface area (Å²) in [4.78, 5) is 12.5. The van der Waals surface area contributed by atoms with Crippen molar-refractivity contribution in [3.05, 3.63) is 35.9 Å². The van der Waals surface area contributed by atoms with E-state index in [2.05, 4.69) is 5.32 Å². The third-order valence-electron chi connectivity index (χ3n) is 4.52. The number of sulfonamides is 1. The number of amides is 1. The van der Waals surface area contributed by atoms with Crippen LogP contribution in [0.3, 0.4) is 0 Å². The zero-order chi connectivity index (χ0) is 16.3. The first-order chi connectivity index (χ1) is 11.0. The number of hydrogen-bond acceptors (Lipinski definition) is 4. The van der Waals surface area contributed by atoms with E-state index >= 15 is 0 Å². The Morgan fingerprint density at radius 1 is 1.17 bits per heavy atom. The van der Waals surface area contributed by atoms with E-state index in [-0.39, 0.29) is 18.2 Å². The predicted octanol–water partition coefficient (Wildman–Crippen LogP) is 0.496. The SMILES string of the molecule is O=C(NCCS(=O)(=O)N1CCOCC1)C1(c2ccccc2)CC1. The fourth-order valence-electron chi connectivity index (χ4n) is 2.95. The number of carbonyl (C=O) groups is 1. The smallest absolute Gasteiger partial charge is 0.230 e. The zero-order valence-electron chi connectivity index (χ0n) is 13.0. The lowest BCUT2D eigenvalue weighted by atomic mass is 9.95. The molecule has 1 amide bonds. The number of benzene rings is 1. The van der Waals surface area contributed by atoms with E-state index in [0.29, 0.717) is 26.3 Å². The summed E-state index contributed by atoms with van der Waals surface area (Å²) in [7, 11) is -3.33. The number of nitrogens with zero attached hydrogens (tertiary/aromatic N) is 1. The van der Waals surface area contributed by atoms with Gasteiger partial charge in [-0.1, -0.05) is 30.3 Å². The Balaban J connectivity index is 1.54. The molecule has 0 aromatic heterocycles. The average molecular weight is 338 g/mol. The molecule has 3 rings (SSSR count). The number of nitrogens with one attached hydrogen (secondary N) is 1. The molecule has 1 saturated carbocycles.